The lowest BCUT2D eigenvalue weighted by Crippen LogP contribution is -2.40. The van der Waals surface area contributed by atoms with Crippen molar-refractivity contribution in [1.29, 1.82) is 0 Å². The van der Waals surface area contributed by atoms with Crippen LogP contribution in [0.15, 0.2) is 18.2 Å². The Morgan fingerprint density at radius 1 is 1.50 bits per heavy atom. The summed E-state index contributed by atoms with van der Waals surface area (Å²) in [5, 5.41) is 10.2. The molecule has 0 aliphatic carbocycles. The number of methoxy groups -OCH3 is 1. The molecular weight excluding hydrogens is 257 g/mol. The quantitative estimate of drug-likeness (QED) is 0.900. The molecule has 2 unspecified atom stereocenters. The van der Waals surface area contributed by atoms with Crippen molar-refractivity contribution in [3.8, 4) is 0 Å². The van der Waals surface area contributed by atoms with Gasteiger partial charge in [0.15, 0.2) is 0 Å². The Morgan fingerprint density at radius 3 is 3.00 bits per heavy atom. The molecule has 1 N–H and O–H groups in total. The lowest BCUT2D eigenvalue weighted by atomic mass is 10.0. The van der Waals surface area contributed by atoms with E-state index in [1.807, 2.05) is 0 Å². The van der Waals surface area contributed by atoms with Crippen molar-refractivity contribution >= 4 is 0 Å². The molecule has 0 amide bonds. The average molecular weight is 281 g/mol. The molecule has 2 rings (SSSR count). The summed E-state index contributed by atoms with van der Waals surface area (Å²) in [6.45, 7) is 4.51. The lowest BCUT2D eigenvalue weighted by Gasteiger charge is -2.32. The van der Waals surface area contributed by atoms with Gasteiger partial charge in [-0.25, -0.2) is 4.39 Å². The first-order valence-electron chi connectivity index (χ1n) is 7.29. The Hall–Kier alpha value is -0.970. The van der Waals surface area contributed by atoms with E-state index in [4.69, 9.17) is 4.74 Å². The van der Waals surface area contributed by atoms with Crippen molar-refractivity contribution in [1.82, 2.24) is 4.90 Å². The maximum atomic E-state index is 13.5. The fraction of sp³-hybridized carbons (Fsp3) is 0.625. The van der Waals surface area contributed by atoms with E-state index >= 15 is 0 Å². The van der Waals surface area contributed by atoms with Crippen LogP contribution in [0.3, 0.4) is 0 Å². The van der Waals surface area contributed by atoms with E-state index in [1.165, 1.54) is 6.07 Å². The van der Waals surface area contributed by atoms with Gasteiger partial charge in [0, 0.05) is 20.2 Å². The Labute approximate surface area is 120 Å². The molecule has 2 atom stereocenters. The molecule has 20 heavy (non-hydrogen) atoms. The molecule has 112 valence electrons. The first kappa shape index (κ1) is 15.4. The first-order valence-corrected chi connectivity index (χ1v) is 7.29. The third-order valence-corrected chi connectivity index (χ3v) is 4.10. The van der Waals surface area contributed by atoms with Crippen molar-refractivity contribution in [2.75, 3.05) is 26.7 Å². The molecule has 3 nitrogen and oxygen atoms in total. The maximum Gasteiger partial charge on any atom is 0.126 e. The largest absolute Gasteiger partial charge is 0.388 e. The van der Waals surface area contributed by atoms with E-state index < -0.39 is 6.10 Å². The van der Waals surface area contributed by atoms with Gasteiger partial charge in [-0.1, -0.05) is 12.1 Å². The number of hydrogen-bond acceptors (Lipinski definition) is 3. The van der Waals surface area contributed by atoms with Crippen molar-refractivity contribution in [3.63, 3.8) is 0 Å². The summed E-state index contributed by atoms with van der Waals surface area (Å²) in [6, 6.07) is 4.96. The van der Waals surface area contributed by atoms with Crippen LogP contribution in [0.1, 0.15) is 36.5 Å². The summed E-state index contributed by atoms with van der Waals surface area (Å²) in [4.78, 5) is 2.31. The zero-order chi connectivity index (χ0) is 14.5. The molecule has 0 saturated carbocycles. The van der Waals surface area contributed by atoms with E-state index in [0.717, 1.165) is 32.5 Å². The third kappa shape index (κ3) is 4.01. The second-order valence-corrected chi connectivity index (χ2v) is 5.61. The van der Waals surface area contributed by atoms with Crippen LogP contribution in [0, 0.1) is 12.7 Å². The molecule has 0 aromatic heterocycles. The van der Waals surface area contributed by atoms with Gasteiger partial charge in [0.1, 0.15) is 5.82 Å². The second kappa shape index (κ2) is 7.16. The third-order valence-electron chi connectivity index (χ3n) is 4.10. The highest BCUT2D eigenvalue weighted by Crippen LogP contribution is 2.21. The van der Waals surface area contributed by atoms with Crippen molar-refractivity contribution in [3.05, 3.63) is 35.1 Å². The number of aliphatic hydroxyl groups excluding tert-OH is 1. The van der Waals surface area contributed by atoms with Crippen LogP contribution in [0.5, 0.6) is 0 Å². The minimum Gasteiger partial charge on any atom is -0.388 e. The van der Waals surface area contributed by atoms with Gasteiger partial charge in [-0.05, 0) is 49.9 Å². The molecule has 0 radical (unpaired) electrons. The van der Waals surface area contributed by atoms with Crippen LogP contribution < -0.4 is 0 Å². The van der Waals surface area contributed by atoms with Gasteiger partial charge in [-0.3, -0.25) is 0 Å². The number of aliphatic hydroxyl groups is 1. The van der Waals surface area contributed by atoms with Gasteiger partial charge in [0.2, 0.25) is 0 Å². The minimum atomic E-state index is -0.604. The van der Waals surface area contributed by atoms with Gasteiger partial charge in [-0.2, -0.15) is 0 Å². The minimum absolute atomic E-state index is 0.251. The monoisotopic (exact) mass is 281 g/mol. The van der Waals surface area contributed by atoms with Crippen LogP contribution in [0.4, 0.5) is 4.39 Å². The number of nitrogens with zero attached hydrogens (tertiary/aromatic N) is 1. The van der Waals surface area contributed by atoms with Crippen molar-refractivity contribution < 1.29 is 14.2 Å². The average Bonchev–Trinajstić information content (AvgIpc) is 2.47. The summed E-state index contributed by atoms with van der Waals surface area (Å²) in [5.41, 5.74) is 1.27. The van der Waals surface area contributed by atoms with Crippen LogP contribution in [-0.2, 0) is 4.74 Å². The van der Waals surface area contributed by atoms with Crippen LogP contribution >= 0.6 is 0 Å². The van der Waals surface area contributed by atoms with E-state index in [0.29, 0.717) is 23.7 Å². The highest BCUT2D eigenvalue weighted by Gasteiger charge is 2.20. The normalized spacial score (nSPS) is 21.9. The Morgan fingerprint density at radius 2 is 2.30 bits per heavy atom. The lowest BCUT2D eigenvalue weighted by molar-refractivity contribution is 0.0255. The van der Waals surface area contributed by atoms with E-state index in [9.17, 15) is 9.50 Å². The van der Waals surface area contributed by atoms with E-state index in [-0.39, 0.29) is 5.82 Å². The van der Waals surface area contributed by atoms with Gasteiger partial charge >= 0.3 is 0 Å². The fourth-order valence-electron chi connectivity index (χ4n) is 2.70. The number of ether oxygens (including phenoxy) is 1. The number of likely N-dealkylation sites (tertiary alicyclic amines) is 1. The number of aryl methyl sites for hydroxylation is 1. The predicted molar refractivity (Wildman–Crippen MR) is 77.2 cm³/mol. The van der Waals surface area contributed by atoms with E-state index in [2.05, 4.69) is 4.90 Å². The number of halogens is 1. The Bertz CT molecular complexity index is 438. The smallest absolute Gasteiger partial charge is 0.126 e. The van der Waals surface area contributed by atoms with E-state index in [1.54, 1.807) is 26.2 Å². The molecule has 1 aromatic carbocycles. The number of piperidine rings is 1. The predicted octanol–water partition coefficient (Wildman–Crippen LogP) is 2.67. The Kier molecular flexibility index (Phi) is 5.52. The zero-order valence-corrected chi connectivity index (χ0v) is 12.3. The molecule has 1 aliphatic rings. The van der Waals surface area contributed by atoms with Crippen LogP contribution in [0.2, 0.25) is 0 Å². The topological polar surface area (TPSA) is 32.7 Å². The standard InChI is InChI=1S/C16H24FNO2/c1-12-5-6-13(10-15(12)17)16(19)7-9-18-8-3-4-14(11-18)20-2/h5-6,10,14,16,19H,3-4,7-9,11H2,1-2H3. The highest BCUT2D eigenvalue weighted by molar-refractivity contribution is 5.24. The van der Waals surface area contributed by atoms with Gasteiger partial charge < -0.3 is 14.7 Å². The summed E-state index contributed by atoms with van der Waals surface area (Å²) in [6.07, 6.45) is 2.57. The number of benzene rings is 1. The molecule has 1 aromatic rings. The van der Waals surface area contributed by atoms with Crippen LogP contribution in [0.25, 0.3) is 0 Å². The summed E-state index contributed by atoms with van der Waals surface area (Å²) < 4.78 is 18.9. The molecule has 1 aliphatic heterocycles. The molecule has 1 saturated heterocycles. The van der Waals surface area contributed by atoms with Crippen molar-refractivity contribution in [2.45, 2.75) is 38.4 Å². The Balaban J connectivity index is 1.85. The SMILES string of the molecule is COC1CCCN(CCC(O)c2ccc(C)c(F)c2)C1. The summed E-state index contributed by atoms with van der Waals surface area (Å²) in [5.74, 6) is -0.251. The highest BCUT2D eigenvalue weighted by atomic mass is 19.1. The zero-order valence-electron chi connectivity index (χ0n) is 12.3. The molecule has 4 heteroatoms. The van der Waals surface area contributed by atoms with Gasteiger partial charge in [0.25, 0.3) is 0 Å². The van der Waals surface area contributed by atoms with Gasteiger partial charge in [0.05, 0.1) is 12.2 Å². The molecule has 1 fully saturated rings. The molecule has 1 heterocycles. The van der Waals surface area contributed by atoms with Gasteiger partial charge in [-0.15, -0.1) is 0 Å². The second-order valence-electron chi connectivity index (χ2n) is 5.61. The van der Waals surface area contributed by atoms with Crippen LogP contribution in [-0.4, -0.2) is 42.9 Å². The molecule has 0 spiro atoms. The molecular formula is C16H24FNO2. The number of hydrogen-bond donors (Lipinski definition) is 1. The number of rotatable bonds is 5. The molecule has 0 bridgehead atoms. The van der Waals surface area contributed by atoms with Crippen molar-refractivity contribution in [2.24, 2.45) is 0 Å². The summed E-state index contributed by atoms with van der Waals surface area (Å²) in [7, 11) is 1.75. The maximum absolute atomic E-state index is 13.5. The summed E-state index contributed by atoms with van der Waals surface area (Å²) >= 11 is 0. The first-order chi connectivity index (χ1) is 9.60. The fourth-order valence-corrected chi connectivity index (χ4v) is 2.70.